The van der Waals surface area contributed by atoms with Gasteiger partial charge >= 0.3 is 4.87 Å². The summed E-state index contributed by atoms with van der Waals surface area (Å²) in [5.74, 6) is -1.68. The third-order valence-electron chi connectivity index (χ3n) is 6.88. The lowest BCUT2D eigenvalue weighted by Gasteiger charge is -2.31. The molecular formula is C29H22ClN3O6S2. The average molecular weight is 608 g/mol. The van der Waals surface area contributed by atoms with Crippen molar-refractivity contribution >= 4 is 63.8 Å². The maximum atomic E-state index is 13.9. The van der Waals surface area contributed by atoms with Crippen LogP contribution in [0.1, 0.15) is 16.4 Å². The zero-order chi connectivity index (χ0) is 28.7. The van der Waals surface area contributed by atoms with Crippen LogP contribution in [0.4, 0.5) is 11.4 Å². The van der Waals surface area contributed by atoms with Crippen molar-refractivity contribution in [1.29, 1.82) is 0 Å². The van der Waals surface area contributed by atoms with E-state index in [1.807, 2.05) is 6.07 Å². The van der Waals surface area contributed by atoms with Gasteiger partial charge in [-0.1, -0.05) is 52.9 Å². The van der Waals surface area contributed by atoms with Crippen LogP contribution >= 0.6 is 34.7 Å². The number of thiazole rings is 1. The van der Waals surface area contributed by atoms with Gasteiger partial charge in [0.05, 0.1) is 23.7 Å². The number of aromatic nitrogens is 1. The zero-order valence-corrected chi connectivity index (χ0v) is 23.8. The number of ether oxygens (including phenoxy) is 2. The average Bonchev–Trinajstić information content (AvgIpc) is 3.47. The van der Waals surface area contributed by atoms with Crippen LogP contribution < -0.4 is 24.6 Å². The lowest BCUT2D eigenvalue weighted by molar-refractivity contribution is -0.122. The molecule has 0 spiro atoms. The molecule has 3 heterocycles. The van der Waals surface area contributed by atoms with Gasteiger partial charge in [0.25, 0.3) is 5.91 Å². The molecule has 1 saturated heterocycles. The molecule has 208 valence electrons. The molecule has 41 heavy (non-hydrogen) atoms. The van der Waals surface area contributed by atoms with Gasteiger partial charge in [0.2, 0.25) is 11.8 Å². The molecular weight excluding hydrogens is 586 g/mol. The van der Waals surface area contributed by atoms with Crippen molar-refractivity contribution in [2.24, 2.45) is 5.92 Å². The van der Waals surface area contributed by atoms with Gasteiger partial charge < -0.3 is 19.8 Å². The fourth-order valence-corrected chi connectivity index (χ4v) is 7.78. The third-order valence-corrected chi connectivity index (χ3v) is 9.51. The summed E-state index contributed by atoms with van der Waals surface area (Å²) in [7, 11) is 1.56. The third kappa shape index (κ3) is 5.12. The van der Waals surface area contributed by atoms with Gasteiger partial charge in [-0.05, 0) is 54.6 Å². The second-order valence-corrected chi connectivity index (χ2v) is 11.9. The number of H-pyrrole nitrogens is 1. The number of aromatic amines is 1. The maximum Gasteiger partial charge on any atom is 0.305 e. The van der Waals surface area contributed by atoms with E-state index in [-0.39, 0.29) is 23.3 Å². The molecule has 9 nitrogen and oxygen atoms in total. The second-order valence-electron chi connectivity index (χ2n) is 9.34. The van der Waals surface area contributed by atoms with Crippen LogP contribution in [-0.2, 0) is 14.4 Å². The smallest absolute Gasteiger partial charge is 0.305 e. The van der Waals surface area contributed by atoms with E-state index in [0.717, 1.165) is 11.3 Å². The number of halogens is 1. The Morgan fingerprint density at radius 2 is 1.78 bits per heavy atom. The van der Waals surface area contributed by atoms with Crippen molar-refractivity contribution in [3.63, 3.8) is 0 Å². The topological polar surface area (TPSA) is 118 Å². The lowest BCUT2D eigenvalue weighted by atomic mass is 9.82. The highest BCUT2D eigenvalue weighted by molar-refractivity contribution is 8.00. The first-order chi connectivity index (χ1) is 19.8. The summed E-state index contributed by atoms with van der Waals surface area (Å²) in [6.45, 7) is -0.324. The lowest BCUT2D eigenvalue weighted by Crippen LogP contribution is -2.32. The Kier molecular flexibility index (Phi) is 7.33. The quantitative estimate of drug-likeness (QED) is 0.287. The van der Waals surface area contributed by atoms with E-state index >= 15 is 0 Å². The maximum absolute atomic E-state index is 13.9. The minimum Gasteiger partial charge on any atom is -0.497 e. The monoisotopic (exact) mass is 607 g/mol. The van der Waals surface area contributed by atoms with Crippen molar-refractivity contribution in [2.45, 2.75) is 16.2 Å². The van der Waals surface area contributed by atoms with Crippen LogP contribution in [0.5, 0.6) is 11.5 Å². The summed E-state index contributed by atoms with van der Waals surface area (Å²) in [6.07, 6.45) is 0. The number of anilines is 2. The van der Waals surface area contributed by atoms with Crippen molar-refractivity contribution in [3.05, 3.63) is 97.9 Å². The molecule has 0 bridgehead atoms. The molecule has 1 aromatic heterocycles. The van der Waals surface area contributed by atoms with Crippen LogP contribution in [0, 0.1) is 5.92 Å². The number of para-hydroxylation sites is 1. The molecule has 4 aromatic rings. The second kappa shape index (κ2) is 11.1. The normalized spacial score (nSPS) is 19.5. The van der Waals surface area contributed by atoms with E-state index in [2.05, 4.69) is 10.3 Å². The number of carbonyl (C=O) groups excluding carboxylic acids is 3. The van der Waals surface area contributed by atoms with Gasteiger partial charge in [0.15, 0.2) is 6.61 Å². The predicted molar refractivity (Wildman–Crippen MR) is 157 cm³/mol. The molecule has 0 saturated carbocycles. The summed E-state index contributed by atoms with van der Waals surface area (Å²) >= 11 is 8.59. The Hall–Kier alpha value is -4.06. The number of benzene rings is 3. The Morgan fingerprint density at radius 1 is 1.02 bits per heavy atom. The molecule has 12 heteroatoms. The van der Waals surface area contributed by atoms with E-state index in [0.29, 0.717) is 43.4 Å². The van der Waals surface area contributed by atoms with Gasteiger partial charge in [-0.3, -0.25) is 19.2 Å². The largest absolute Gasteiger partial charge is 0.497 e. The Balaban J connectivity index is 1.34. The number of thioether (sulfide) groups is 1. The Bertz CT molecular complexity index is 1710. The minimum atomic E-state index is -0.819. The summed E-state index contributed by atoms with van der Waals surface area (Å²) in [4.78, 5) is 57.0. The minimum absolute atomic E-state index is 0.296. The molecule has 2 aliphatic rings. The number of methoxy groups -OCH3 is 1. The number of rotatable bonds is 7. The summed E-state index contributed by atoms with van der Waals surface area (Å²) in [5, 5.41) is 2.91. The molecule has 3 atom stereocenters. The molecule has 0 unspecified atom stereocenters. The highest BCUT2D eigenvalue weighted by atomic mass is 35.5. The summed E-state index contributed by atoms with van der Waals surface area (Å²) < 4.78 is 11.1. The standard InChI is InChI=1S/C29H22ClN3O6S2/c1-38-18-10-8-16(9-11-18)31-21(34)14-39-20-12-7-15(30)13-19(20)22-23-25(40-26-24(22)41-29(37)32-26)28(36)33(27(23)35)17-5-3-2-4-6-17/h2-13,22-23,25H,14H2,1H3,(H,31,34)(H,32,37)/t22-,23-,25+/m0/s1. The molecule has 6 rings (SSSR count). The van der Waals surface area contributed by atoms with E-state index in [1.165, 1.54) is 16.7 Å². The number of hydrogen-bond donors (Lipinski definition) is 2. The first-order valence-corrected chi connectivity index (χ1v) is 14.6. The molecule has 2 aliphatic heterocycles. The summed E-state index contributed by atoms with van der Waals surface area (Å²) in [6, 6.07) is 20.5. The molecule has 3 aromatic carbocycles. The first-order valence-electron chi connectivity index (χ1n) is 12.5. The van der Waals surface area contributed by atoms with E-state index < -0.39 is 23.0 Å². The van der Waals surface area contributed by atoms with Gasteiger partial charge in [-0.2, -0.15) is 0 Å². The van der Waals surface area contributed by atoms with E-state index in [4.69, 9.17) is 21.1 Å². The number of hydrogen-bond acceptors (Lipinski definition) is 8. The van der Waals surface area contributed by atoms with Crippen LogP contribution in [0.15, 0.2) is 82.6 Å². The molecule has 1 fully saturated rings. The highest BCUT2D eigenvalue weighted by Crippen LogP contribution is 2.54. The Labute approximate surface area is 247 Å². The molecule has 0 aliphatic carbocycles. The fourth-order valence-electron chi connectivity index (χ4n) is 5.09. The Morgan fingerprint density at radius 3 is 2.51 bits per heavy atom. The van der Waals surface area contributed by atoms with Gasteiger partial charge in [-0.25, -0.2) is 4.90 Å². The zero-order valence-electron chi connectivity index (χ0n) is 21.5. The molecule has 3 amide bonds. The van der Waals surface area contributed by atoms with Gasteiger partial charge in [0.1, 0.15) is 16.7 Å². The molecule has 2 N–H and O–H groups in total. The van der Waals surface area contributed by atoms with Crippen molar-refractivity contribution in [2.75, 3.05) is 23.9 Å². The van der Waals surface area contributed by atoms with Crippen molar-refractivity contribution in [3.8, 4) is 11.5 Å². The van der Waals surface area contributed by atoms with Crippen LogP contribution in [-0.4, -0.2) is 41.7 Å². The first kappa shape index (κ1) is 27.1. The SMILES string of the molecule is COc1ccc(NC(=O)COc2ccc(Cl)cc2[C@@H]2c3sc(=O)[nH]c3S[C@H]3C(=O)N(c4ccccc4)C(=O)[C@@H]23)cc1. The number of nitrogens with zero attached hydrogens (tertiary/aromatic N) is 1. The number of imide groups is 1. The fraction of sp³-hybridized carbons (Fsp3) is 0.172. The number of nitrogens with one attached hydrogen (secondary N) is 2. The van der Waals surface area contributed by atoms with Crippen molar-refractivity contribution < 1.29 is 23.9 Å². The van der Waals surface area contributed by atoms with Gasteiger partial charge in [-0.15, -0.1) is 0 Å². The van der Waals surface area contributed by atoms with Crippen LogP contribution in [0.2, 0.25) is 5.02 Å². The predicted octanol–water partition coefficient (Wildman–Crippen LogP) is 4.91. The number of fused-ring (bicyclic) bond motifs is 2. The van der Waals surface area contributed by atoms with Gasteiger partial charge in [0, 0.05) is 27.1 Å². The van der Waals surface area contributed by atoms with E-state index in [9.17, 15) is 19.2 Å². The number of carbonyl (C=O) groups is 3. The highest BCUT2D eigenvalue weighted by Gasteiger charge is 2.56. The molecule has 0 radical (unpaired) electrons. The van der Waals surface area contributed by atoms with Crippen LogP contribution in [0.3, 0.4) is 0 Å². The summed E-state index contributed by atoms with van der Waals surface area (Å²) in [5.41, 5.74) is 1.56. The number of amides is 3. The van der Waals surface area contributed by atoms with E-state index in [1.54, 1.807) is 73.8 Å². The van der Waals surface area contributed by atoms with Crippen LogP contribution in [0.25, 0.3) is 0 Å². The van der Waals surface area contributed by atoms with Crippen molar-refractivity contribution in [1.82, 2.24) is 4.98 Å².